The maximum absolute atomic E-state index is 6.31. The lowest BCUT2D eigenvalue weighted by molar-refractivity contribution is 0.242. The van der Waals surface area contributed by atoms with Gasteiger partial charge in [-0.15, -0.1) is 0 Å². The van der Waals surface area contributed by atoms with Gasteiger partial charge in [0, 0.05) is 0 Å². The van der Waals surface area contributed by atoms with Crippen molar-refractivity contribution < 1.29 is 4.74 Å². The number of nitrogens with zero attached hydrogens (tertiary/aromatic N) is 1. The van der Waals surface area contributed by atoms with E-state index in [1.165, 1.54) is 0 Å². The van der Waals surface area contributed by atoms with Crippen molar-refractivity contribution in [1.82, 2.24) is 9.97 Å². The molecule has 0 bridgehead atoms. The van der Waals surface area contributed by atoms with Crippen LogP contribution in [0.5, 0.6) is 5.75 Å². The van der Waals surface area contributed by atoms with Crippen molar-refractivity contribution in [2.45, 2.75) is 52.2 Å². The predicted octanol–water partition coefficient (Wildman–Crippen LogP) is 3.84. The number of hydrogen-bond donors (Lipinski definition) is 2. The molecule has 0 fully saturated rings. The summed E-state index contributed by atoms with van der Waals surface area (Å²) in [6, 6.07) is 8.01. The van der Waals surface area contributed by atoms with E-state index in [1.807, 2.05) is 51.2 Å². The number of H-pyrrole nitrogens is 1. The second-order valence-corrected chi connectivity index (χ2v) is 6.00. The molecule has 4 nitrogen and oxygen atoms in total. The van der Waals surface area contributed by atoms with Gasteiger partial charge in [0.15, 0.2) is 0 Å². The van der Waals surface area contributed by atoms with Crippen LogP contribution in [0.3, 0.4) is 0 Å². The Morgan fingerprint density at radius 1 is 1.29 bits per heavy atom. The fourth-order valence-electron chi connectivity index (χ4n) is 2.38. The van der Waals surface area contributed by atoms with Gasteiger partial charge in [0.05, 0.1) is 23.5 Å². The second kappa shape index (κ2) is 6.31. The number of nitrogens with one attached hydrogen (secondary N) is 1. The van der Waals surface area contributed by atoms with Gasteiger partial charge in [0.1, 0.15) is 11.6 Å². The highest BCUT2D eigenvalue weighted by Crippen LogP contribution is 2.25. The molecule has 3 N–H and O–H groups in total. The summed E-state index contributed by atoms with van der Waals surface area (Å²) in [6.07, 6.45) is 3.96. The zero-order valence-electron chi connectivity index (χ0n) is 13.3. The summed E-state index contributed by atoms with van der Waals surface area (Å²) in [5.74, 6) is 1.71. The molecule has 0 aliphatic rings. The molecule has 0 saturated carbocycles. The molecule has 1 aromatic carbocycles. The quantitative estimate of drug-likeness (QED) is 0.848. The molecule has 2 aromatic rings. The van der Waals surface area contributed by atoms with Gasteiger partial charge in [-0.2, -0.15) is 0 Å². The highest BCUT2D eigenvalue weighted by molar-refractivity contribution is 5.59. The molecule has 0 spiro atoms. The monoisotopic (exact) mass is 287 g/mol. The van der Waals surface area contributed by atoms with E-state index in [-0.39, 0.29) is 6.10 Å². The summed E-state index contributed by atoms with van der Waals surface area (Å²) in [5.41, 5.74) is 7.96. The first-order valence-electron chi connectivity index (χ1n) is 7.54. The highest BCUT2D eigenvalue weighted by Gasteiger charge is 2.23. The SMILES string of the molecule is CCCC(C)(N)c1ncc(-c2ccc(OC(C)C)cc2)[nH]1. The van der Waals surface area contributed by atoms with E-state index in [0.29, 0.717) is 0 Å². The van der Waals surface area contributed by atoms with Crippen molar-refractivity contribution in [3.8, 4) is 17.0 Å². The van der Waals surface area contributed by atoms with Gasteiger partial charge >= 0.3 is 0 Å². The van der Waals surface area contributed by atoms with Crippen LogP contribution in [0.15, 0.2) is 30.5 Å². The van der Waals surface area contributed by atoms with Gasteiger partial charge in [-0.25, -0.2) is 4.98 Å². The first kappa shape index (κ1) is 15.6. The molecule has 1 unspecified atom stereocenters. The molecule has 1 heterocycles. The Morgan fingerprint density at radius 3 is 2.52 bits per heavy atom. The minimum atomic E-state index is -0.409. The van der Waals surface area contributed by atoms with E-state index in [2.05, 4.69) is 16.9 Å². The third-order valence-electron chi connectivity index (χ3n) is 3.42. The van der Waals surface area contributed by atoms with Crippen LogP contribution in [-0.2, 0) is 5.54 Å². The molecular weight excluding hydrogens is 262 g/mol. The Labute approximate surface area is 126 Å². The van der Waals surface area contributed by atoms with Crippen LogP contribution >= 0.6 is 0 Å². The van der Waals surface area contributed by atoms with Crippen molar-refractivity contribution in [3.63, 3.8) is 0 Å². The lowest BCUT2D eigenvalue weighted by Crippen LogP contribution is -2.34. The molecule has 0 amide bonds. The van der Waals surface area contributed by atoms with E-state index in [1.54, 1.807) is 0 Å². The van der Waals surface area contributed by atoms with Crippen molar-refractivity contribution in [1.29, 1.82) is 0 Å². The van der Waals surface area contributed by atoms with E-state index >= 15 is 0 Å². The van der Waals surface area contributed by atoms with Crippen LogP contribution in [0.4, 0.5) is 0 Å². The third-order valence-corrected chi connectivity index (χ3v) is 3.42. The Morgan fingerprint density at radius 2 is 1.95 bits per heavy atom. The molecule has 114 valence electrons. The molecule has 0 aliphatic carbocycles. The number of imidazole rings is 1. The predicted molar refractivity (Wildman–Crippen MR) is 86.2 cm³/mol. The highest BCUT2D eigenvalue weighted by atomic mass is 16.5. The maximum atomic E-state index is 6.31. The summed E-state index contributed by atoms with van der Waals surface area (Å²) in [5, 5.41) is 0. The molecule has 1 aromatic heterocycles. The molecule has 21 heavy (non-hydrogen) atoms. The number of benzene rings is 1. The van der Waals surface area contributed by atoms with Crippen molar-refractivity contribution in [2.24, 2.45) is 5.73 Å². The first-order valence-corrected chi connectivity index (χ1v) is 7.54. The summed E-state index contributed by atoms with van der Waals surface area (Å²) in [7, 11) is 0. The normalized spacial score (nSPS) is 14.2. The summed E-state index contributed by atoms with van der Waals surface area (Å²) >= 11 is 0. The van der Waals surface area contributed by atoms with Gasteiger partial charge in [-0.05, 0) is 57.0 Å². The van der Waals surface area contributed by atoms with Gasteiger partial charge in [0.25, 0.3) is 0 Å². The maximum Gasteiger partial charge on any atom is 0.126 e. The smallest absolute Gasteiger partial charge is 0.126 e. The van der Waals surface area contributed by atoms with Gasteiger partial charge in [0.2, 0.25) is 0 Å². The molecule has 0 radical (unpaired) electrons. The number of aromatic nitrogens is 2. The molecule has 0 aliphatic heterocycles. The molecule has 2 rings (SSSR count). The van der Waals surface area contributed by atoms with Crippen molar-refractivity contribution in [3.05, 3.63) is 36.3 Å². The number of hydrogen-bond acceptors (Lipinski definition) is 3. The Bertz CT molecular complexity index is 570. The second-order valence-electron chi connectivity index (χ2n) is 6.00. The molecular formula is C17H25N3O. The van der Waals surface area contributed by atoms with Crippen LogP contribution < -0.4 is 10.5 Å². The lowest BCUT2D eigenvalue weighted by Gasteiger charge is -2.21. The minimum absolute atomic E-state index is 0.182. The van der Waals surface area contributed by atoms with Gasteiger partial charge in [-0.1, -0.05) is 13.3 Å². The topological polar surface area (TPSA) is 63.9 Å². The van der Waals surface area contributed by atoms with E-state index < -0.39 is 5.54 Å². The van der Waals surface area contributed by atoms with E-state index in [9.17, 15) is 0 Å². The van der Waals surface area contributed by atoms with Gasteiger partial charge in [-0.3, -0.25) is 0 Å². The zero-order chi connectivity index (χ0) is 15.5. The minimum Gasteiger partial charge on any atom is -0.491 e. The summed E-state index contributed by atoms with van der Waals surface area (Å²) in [4.78, 5) is 7.78. The number of ether oxygens (including phenoxy) is 1. The fraction of sp³-hybridized carbons (Fsp3) is 0.471. The molecule has 0 saturated heterocycles. The van der Waals surface area contributed by atoms with Crippen LogP contribution in [-0.4, -0.2) is 16.1 Å². The third kappa shape index (κ3) is 3.85. The largest absolute Gasteiger partial charge is 0.491 e. The molecule has 4 heteroatoms. The number of nitrogens with two attached hydrogens (primary N) is 1. The fourth-order valence-corrected chi connectivity index (χ4v) is 2.38. The van der Waals surface area contributed by atoms with Crippen molar-refractivity contribution in [2.75, 3.05) is 0 Å². The lowest BCUT2D eigenvalue weighted by atomic mass is 9.97. The van der Waals surface area contributed by atoms with Crippen LogP contribution in [0.1, 0.15) is 46.4 Å². The molecule has 1 atom stereocenters. The average Bonchev–Trinajstić information content (AvgIpc) is 2.89. The van der Waals surface area contributed by atoms with Gasteiger partial charge < -0.3 is 15.5 Å². The van der Waals surface area contributed by atoms with E-state index in [4.69, 9.17) is 10.5 Å². The summed E-state index contributed by atoms with van der Waals surface area (Å²) < 4.78 is 5.65. The first-order chi connectivity index (χ1) is 9.92. The van der Waals surface area contributed by atoms with Crippen LogP contribution in [0.25, 0.3) is 11.3 Å². The Hall–Kier alpha value is -1.81. The van der Waals surface area contributed by atoms with Crippen LogP contribution in [0.2, 0.25) is 0 Å². The van der Waals surface area contributed by atoms with Crippen molar-refractivity contribution >= 4 is 0 Å². The average molecular weight is 287 g/mol. The number of rotatable bonds is 6. The Kier molecular flexibility index (Phi) is 4.68. The standard InChI is InChI=1S/C17H25N3O/c1-5-10-17(4,18)16-19-11-15(20-16)13-6-8-14(9-7-13)21-12(2)3/h6-9,11-12H,5,10,18H2,1-4H3,(H,19,20). The van der Waals surface area contributed by atoms with Crippen LogP contribution in [0, 0.1) is 0 Å². The van der Waals surface area contributed by atoms with E-state index in [0.717, 1.165) is 35.7 Å². The summed E-state index contributed by atoms with van der Waals surface area (Å²) in [6.45, 7) is 8.18. The number of aromatic amines is 1. The zero-order valence-corrected chi connectivity index (χ0v) is 13.3. The Balaban J connectivity index is 2.18.